The monoisotopic (exact) mass is 319 g/mol. The fourth-order valence-electron chi connectivity index (χ4n) is 2.32. The van der Waals surface area contributed by atoms with Crippen LogP contribution in [0.2, 0.25) is 5.02 Å². The van der Waals surface area contributed by atoms with Crippen LogP contribution in [0.1, 0.15) is 20.3 Å². The van der Waals surface area contributed by atoms with E-state index in [0.29, 0.717) is 6.42 Å². The van der Waals surface area contributed by atoms with Gasteiger partial charge >= 0.3 is 0 Å². The van der Waals surface area contributed by atoms with E-state index in [1.165, 1.54) is 12.3 Å². The van der Waals surface area contributed by atoms with Crippen molar-refractivity contribution in [1.29, 1.82) is 0 Å². The first-order chi connectivity index (χ1) is 9.18. The third kappa shape index (κ3) is 2.63. The van der Waals surface area contributed by atoms with Crippen molar-refractivity contribution in [3.63, 3.8) is 0 Å². The van der Waals surface area contributed by atoms with Crippen molar-refractivity contribution >= 4 is 27.4 Å². The fraction of sp³-hybridized carbons (Fsp3) is 0.583. The van der Waals surface area contributed by atoms with Gasteiger partial charge in [-0.1, -0.05) is 25.4 Å². The van der Waals surface area contributed by atoms with Gasteiger partial charge in [-0.3, -0.25) is 0 Å². The summed E-state index contributed by atoms with van der Waals surface area (Å²) < 4.78 is 32.5. The summed E-state index contributed by atoms with van der Waals surface area (Å²) >= 11 is 5.81. The van der Waals surface area contributed by atoms with Crippen molar-refractivity contribution < 1.29 is 13.2 Å². The normalized spacial score (nSPS) is 25.2. The number of nitrogens with zero attached hydrogens (tertiary/aromatic N) is 1. The number of pyridine rings is 1. The molecule has 1 aromatic rings. The Labute approximate surface area is 123 Å². The molecule has 1 fully saturated rings. The van der Waals surface area contributed by atoms with E-state index >= 15 is 0 Å². The average Bonchev–Trinajstić information content (AvgIpc) is 2.37. The second-order valence-corrected chi connectivity index (χ2v) is 7.61. The number of ether oxygens (including phenoxy) is 1. The first kappa shape index (κ1) is 15.5. The lowest BCUT2D eigenvalue weighted by Crippen LogP contribution is -2.61. The molecule has 0 saturated heterocycles. The molecule has 1 aromatic heterocycles. The van der Waals surface area contributed by atoms with Crippen molar-refractivity contribution in [2.45, 2.75) is 37.3 Å². The molecular weight excluding hydrogens is 302 g/mol. The summed E-state index contributed by atoms with van der Waals surface area (Å²) in [5.74, 6) is 0.106. The van der Waals surface area contributed by atoms with E-state index in [1.54, 1.807) is 7.11 Å². The largest absolute Gasteiger partial charge is 0.382 e. The third-order valence-electron chi connectivity index (χ3n) is 3.91. The zero-order valence-corrected chi connectivity index (χ0v) is 13.1. The van der Waals surface area contributed by atoms with Crippen molar-refractivity contribution in [3.05, 3.63) is 17.3 Å². The van der Waals surface area contributed by atoms with Gasteiger partial charge in [0.05, 0.1) is 11.1 Å². The number of nitrogens with one attached hydrogen (secondary N) is 1. The molecule has 6 nitrogen and oxygen atoms in total. The second kappa shape index (κ2) is 5.14. The number of hydrogen-bond donors (Lipinski definition) is 2. The summed E-state index contributed by atoms with van der Waals surface area (Å²) in [7, 11) is -2.04. The molecule has 20 heavy (non-hydrogen) atoms. The van der Waals surface area contributed by atoms with E-state index in [1.807, 2.05) is 13.8 Å². The molecule has 0 aliphatic heterocycles. The number of hydrogen-bond acceptors (Lipinski definition) is 5. The van der Waals surface area contributed by atoms with E-state index in [-0.39, 0.29) is 33.3 Å². The van der Waals surface area contributed by atoms with Crippen LogP contribution in [0, 0.1) is 5.41 Å². The zero-order chi connectivity index (χ0) is 15.1. The summed E-state index contributed by atoms with van der Waals surface area (Å²) in [5.41, 5.74) is 5.22. The molecule has 2 unspecified atom stereocenters. The molecule has 2 atom stereocenters. The number of rotatable bonds is 4. The van der Waals surface area contributed by atoms with Crippen LogP contribution in [0.3, 0.4) is 0 Å². The fourth-order valence-corrected chi connectivity index (χ4v) is 3.92. The smallest absolute Gasteiger partial charge is 0.242 e. The first-order valence-electron chi connectivity index (χ1n) is 6.14. The predicted molar refractivity (Wildman–Crippen MR) is 77.0 cm³/mol. The number of anilines is 1. The van der Waals surface area contributed by atoms with Crippen LogP contribution in [0.4, 0.5) is 5.82 Å². The molecule has 1 heterocycles. The quantitative estimate of drug-likeness (QED) is 0.875. The van der Waals surface area contributed by atoms with Gasteiger partial charge in [0.2, 0.25) is 10.0 Å². The molecule has 112 valence electrons. The van der Waals surface area contributed by atoms with Crippen LogP contribution in [0.5, 0.6) is 0 Å². The molecule has 8 heteroatoms. The van der Waals surface area contributed by atoms with E-state index in [0.717, 1.165) is 0 Å². The number of aromatic nitrogens is 1. The van der Waals surface area contributed by atoms with Crippen molar-refractivity contribution in [3.8, 4) is 0 Å². The Balaban J connectivity index is 2.18. The first-order valence-corrected chi connectivity index (χ1v) is 8.00. The summed E-state index contributed by atoms with van der Waals surface area (Å²) in [6.45, 7) is 3.93. The van der Waals surface area contributed by atoms with Crippen LogP contribution >= 0.6 is 11.6 Å². The summed E-state index contributed by atoms with van der Waals surface area (Å²) in [4.78, 5) is 3.77. The number of sulfonamides is 1. The van der Waals surface area contributed by atoms with Crippen LogP contribution in [0.25, 0.3) is 0 Å². The van der Waals surface area contributed by atoms with Gasteiger partial charge in [-0.2, -0.15) is 0 Å². The molecular formula is C12H18ClN3O3S. The van der Waals surface area contributed by atoms with E-state index in [9.17, 15) is 8.42 Å². The highest BCUT2D eigenvalue weighted by Gasteiger charge is 2.50. The van der Waals surface area contributed by atoms with Gasteiger partial charge in [-0.15, -0.1) is 0 Å². The van der Waals surface area contributed by atoms with Gasteiger partial charge in [0.15, 0.2) is 0 Å². The maximum Gasteiger partial charge on any atom is 0.242 e. The molecule has 3 N–H and O–H groups in total. The van der Waals surface area contributed by atoms with Crippen LogP contribution in [0.15, 0.2) is 17.2 Å². The van der Waals surface area contributed by atoms with Gasteiger partial charge in [0, 0.05) is 24.8 Å². The minimum absolute atomic E-state index is 0.00775. The van der Waals surface area contributed by atoms with Gasteiger partial charge in [-0.05, 0) is 12.5 Å². The van der Waals surface area contributed by atoms with E-state index < -0.39 is 10.0 Å². The Hall–Kier alpha value is -0.890. The molecule has 0 spiro atoms. The Morgan fingerprint density at radius 2 is 2.20 bits per heavy atom. The summed E-state index contributed by atoms with van der Waals surface area (Å²) in [5, 5.41) is 0.121. The van der Waals surface area contributed by atoms with Crippen molar-refractivity contribution in [2.75, 3.05) is 12.8 Å². The molecule has 0 bridgehead atoms. The SMILES string of the molecule is COC1CC(NS(=O)(=O)c2cnc(N)c(Cl)c2)C1(C)C. The van der Waals surface area contributed by atoms with Gasteiger partial charge in [0.25, 0.3) is 0 Å². The predicted octanol–water partition coefficient (Wildman–Crippen LogP) is 1.41. The molecule has 0 radical (unpaired) electrons. The second-order valence-electron chi connectivity index (χ2n) is 5.49. The molecule has 0 aromatic carbocycles. The highest BCUT2D eigenvalue weighted by molar-refractivity contribution is 7.89. The molecule has 1 saturated carbocycles. The number of nitrogens with two attached hydrogens (primary N) is 1. The van der Waals surface area contributed by atoms with Gasteiger partial charge in [0.1, 0.15) is 10.7 Å². The Morgan fingerprint density at radius 3 is 2.70 bits per heavy atom. The summed E-state index contributed by atoms with van der Waals surface area (Å²) in [6, 6.07) is 1.11. The molecule has 1 aliphatic rings. The minimum atomic E-state index is -3.67. The molecule has 0 amide bonds. The Morgan fingerprint density at radius 1 is 1.55 bits per heavy atom. The lowest BCUT2D eigenvalue weighted by molar-refractivity contribution is -0.0908. The maximum absolute atomic E-state index is 12.3. The zero-order valence-electron chi connectivity index (χ0n) is 11.6. The van der Waals surface area contributed by atoms with Crippen molar-refractivity contribution in [2.24, 2.45) is 5.41 Å². The van der Waals surface area contributed by atoms with Gasteiger partial charge < -0.3 is 10.5 Å². The Bertz CT molecular complexity index is 618. The lowest BCUT2D eigenvalue weighted by Gasteiger charge is -2.50. The van der Waals surface area contributed by atoms with E-state index in [4.69, 9.17) is 22.1 Å². The van der Waals surface area contributed by atoms with Crippen LogP contribution in [-0.4, -0.2) is 32.7 Å². The average molecular weight is 320 g/mol. The standard InChI is InChI=1S/C12H18ClN3O3S/c1-12(2)9(5-10(12)19-3)16-20(17,18)7-4-8(13)11(14)15-6-7/h4,6,9-10,16H,5H2,1-3H3,(H2,14,15). The lowest BCUT2D eigenvalue weighted by atomic mass is 9.65. The Kier molecular flexibility index (Phi) is 3.98. The summed E-state index contributed by atoms with van der Waals surface area (Å²) in [6.07, 6.45) is 1.88. The van der Waals surface area contributed by atoms with E-state index in [2.05, 4.69) is 9.71 Å². The molecule has 1 aliphatic carbocycles. The van der Waals surface area contributed by atoms with Crippen LogP contribution in [-0.2, 0) is 14.8 Å². The highest BCUT2D eigenvalue weighted by Crippen LogP contribution is 2.43. The number of methoxy groups -OCH3 is 1. The number of halogens is 1. The van der Waals surface area contributed by atoms with Gasteiger partial charge in [-0.25, -0.2) is 18.1 Å². The topological polar surface area (TPSA) is 94.3 Å². The highest BCUT2D eigenvalue weighted by atomic mass is 35.5. The van der Waals surface area contributed by atoms with Crippen molar-refractivity contribution in [1.82, 2.24) is 9.71 Å². The maximum atomic E-state index is 12.3. The number of nitrogen functional groups attached to an aromatic ring is 1. The molecule has 2 rings (SSSR count). The van der Waals surface area contributed by atoms with Crippen LogP contribution < -0.4 is 10.5 Å². The third-order valence-corrected chi connectivity index (χ3v) is 5.66. The minimum Gasteiger partial charge on any atom is -0.382 e.